The molecule has 2 saturated carbocycles. The number of benzene rings is 1. The molecule has 1 amide bonds. The lowest BCUT2D eigenvalue weighted by molar-refractivity contribution is -0.124. The highest BCUT2D eigenvalue weighted by Gasteiger charge is 2.42. The smallest absolute Gasteiger partial charge is 0.227 e. The van der Waals surface area contributed by atoms with E-state index in [1.165, 1.54) is 12.8 Å². The standard InChI is InChI=1S/C19H22N2O2/c1-11-3-6-16(9-17(11)19-20-12(2)10-23-19)21-18(22)15-7-14(8-15)13-4-5-13/h3,6,9-10,13-15H,4-5,7-8H2,1-2H3,(H,21,22)/t14-,15+. The Morgan fingerprint density at radius 1 is 1.22 bits per heavy atom. The van der Waals surface area contributed by atoms with E-state index in [9.17, 15) is 4.79 Å². The van der Waals surface area contributed by atoms with Crippen molar-refractivity contribution in [3.05, 3.63) is 35.7 Å². The number of aromatic nitrogens is 1. The average molecular weight is 310 g/mol. The fourth-order valence-electron chi connectivity index (χ4n) is 3.48. The first-order valence-corrected chi connectivity index (χ1v) is 8.44. The third-order valence-corrected chi connectivity index (χ3v) is 5.19. The topological polar surface area (TPSA) is 55.1 Å². The van der Waals surface area contributed by atoms with Crippen molar-refractivity contribution in [1.29, 1.82) is 0 Å². The number of nitrogens with one attached hydrogen (secondary N) is 1. The Morgan fingerprint density at radius 3 is 2.65 bits per heavy atom. The molecule has 1 heterocycles. The highest BCUT2D eigenvalue weighted by atomic mass is 16.3. The maximum absolute atomic E-state index is 12.4. The van der Waals surface area contributed by atoms with E-state index in [-0.39, 0.29) is 11.8 Å². The lowest BCUT2D eigenvalue weighted by Crippen LogP contribution is -2.35. The van der Waals surface area contributed by atoms with Gasteiger partial charge < -0.3 is 9.73 Å². The van der Waals surface area contributed by atoms with Gasteiger partial charge in [-0.15, -0.1) is 0 Å². The Kier molecular flexibility index (Phi) is 3.47. The van der Waals surface area contributed by atoms with Crippen LogP contribution in [0.2, 0.25) is 0 Å². The maximum atomic E-state index is 12.4. The molecule has 2 fully saturated rings. The van der Waals surface area contributed by atoms with Gasteiger partial charge in [-0.25, -0.2) is 4.98 Å². The van der Waals surface area contributed by atoms with E-state index in [1.807, 2.05) is 32.0 Å². The first-order chi connectivity index (χ1) is 11.1. The SMILES string of the molecule is Cc1coc(-c2cc(NC(=O)[C@H]3C[C@@H](C4CC4)C3)ccc2C)n1. The van der Waals surface area contributed by atoms with Crippen molar-refractivity contribution in [1.82, 2.24) is 4.98 Å². The average Bonchev–Trinajstić information content (AvgIpc) is 3.20. The number of oxazole rings is 1. The fraction of sp³-hybridized carbons (Fsp3) is 0.474. The molecule has 0 aliphatic heterocycles. The third-order valence-electron chi connectivity index (χ3n) is 5.19. The molecule has 2 aliphatic carbocycles. The summed E-state index contributed by atoms with van der Waals surface area (Å²) in [6.07, 6.45) is 6.51. The van der Waals surface area contributed by atoms with Crippen LogP contribution >= 0.6 is 0 Å². The van der Waals surface area contributed by atoms with Gasteiger partial charge in [0.15, 0.2) is 0 Å². The molecule has 0 saturated heterocycles. The maximum Gasteiger partial charge on any atom is 0.227 e. The minimum atomic E-state index is 0.153. The number of carbonyl (C=O) groups excluding carboxylic acids is 1. The predicted molar refractivity (Wildman–Crippen MR) is 89.0 cm³/mol. The van der Waals surface area contributed by atoms with Gasteiger partial charge in [0.25, 0.3) is 0 Å². The zero-order chi connectivity index (χ0) is 16.0. The van der Waals surface area contributed by atoms with Crippen LogP contribution < -0.4 is 5.32 Å². The lowest BCUT2D eigenvalue weighted by atomic mass is 9.72. The number of anilines is 1. The van der Waals surface area contributed by atoms with Gasteiger partial charge in [-0.2, -0.15) is 0 Å². The summed E-state index contributed by atoms with van der Waals surface area (Å²) in [5.41, 5.74) is 3.69. The molecule has 1 aromatic carbocycles. The Bertz CT molecular complexity index is 740. The molecule has 4 heteroatoms. The normalized spacial score (nSPS) is 23.4. The van der Waals surface area contributed by atoms with Crippen LogP contribution in [-0.2, 0) is 4.79 Å². The van der Waals surface area contributed by atoms with Gasteiger partial charge in [0, 0.05) is 17.2 Å². The number of nitrogens with zero attached hydrogens (tertiary/aromatic N) is 1. The highest BCUT2D eigenvalue weighted by molar-refractivity contribution is 5.93. The molecule has 0 spiro atoms. The quantitative estimate of drug-likeness (QED) is 0.914. The summed E-state index contributed by atoms with van der Waals surface area (Å²) in [6, 6.07) is 5.90. The van der Waals surface area contributed by atoms with Crippen LogP contribution in [0, 0.1) is 31.6 Å². The molecule has 0 radical (unpaired) electrons. The van der Waals surface area contributed by atoms with Crippen molar-refractivity contribution in [3.8, 4) is 11.5 Å². The molecular weight excluding hydrogens is 288 g/mol. The second kappa shape index (κ2) is 5.52. The molecule has 120 valence electrons. The lowest BCUT2D eigenvalue weighted by Gasteiger charge is -2.34. The van der Waals surface area contributed by atoms with Gasteiger partial charge in [0.1, 0.15) is 6.26 Å². The zero-order valence-electron chi connectivity index (χ0n) is 13.6. The monoisotopic (exact) mass is 310 g/mol. The van der Waals surface area contributed by atoms with Crippen LogP contribution in [0.25, 0.3) is 11.5 Å². The number of amides is 1. The summed E-state index contributed by atoms with van der Waals surface area (Å²) in [5.74, 6) is 2.66. The first-order valence-electron chi connectivity index (χ1n) is 8.44. The molecule has 1 N–H and O–H groups in total. The molecule has 4 nitrogen and oxygen atoms in total. The van der Waals surface area contributed by atoms with E-state index in [0.29, 0.717) is 5.89 Å². The van der Waals surface area contributed by atoms with Crippen molar-refractivity contribution in [3.63, 3.8) is 0 Å². The zero-order valence-corrected chi connectivity index (χ0v) is 13.6. The van der Waals surface area contributed by atoms with Gasteiger partial charge in [0.05, 0.1) is 5.69 Å². The molecule has 0 atom stereocenters. The van der Waals surface area contributed by atoms with Crippen LogP contribution in [0.4, 0.5) is 5.69 Å². The second-order valence-electron chi connectivity index (χ2n) is 7.08. The van der Waals surface area contributed by atoms with Gasteiger partial charge in [-0.1, -0.05) is 6.07 Å². The number of carbonyl (C=O) groups is 1. The van der Waals surface area contributed by atoms with Crippen molar-refractivity contribution in [2.75, 3.05) is 5.32 Å². The number of aryl methyl sites for hydroxylation is 2. The number of hydrogen-bond acceptors (Lipinski definition) is 3. The van der Waals surface area contributed by atoms with E-state index in [2.05, 4.69) is 10.3 Å². The molecule has 2 aromatic rings. The van der Waals surface area contributed by atoms with E-state index in [4.69, 9.17) is 4.42 Å². The molecule has 1 aromatic heterocycles. The second-order valence-corrected chi connectivity index (χ2v) is 7.08. The predicted octanol–water partition coefficient (Wildman–Crippen LogP) is 4.33. The van der Waals surface area contributed by atoms with Crippen LogP contribution in [0.1, 0.15) is 36.9 Å². The number of hydrogen-bond donors (Lipinski definition) is 1. The third kappa shape index (κ3) is 2.90. The summed E-state index contributed by atoms with van der Waals surface area (Å²) < 4.78 is 5.49. The Balaban J connectivity index is 1.45. The minimum Gasteiger partial charge on any atom is -0.444 e. The van der Waals surface area contributed by atoms with Crippen LogP contribution in [0.5, 0.6) is 0 Å². The van der Waals surface area contributed by atoms with Crippen molar-refractivity contribution < 1.29 is 9.21 Å². The molecule has 2 aliphatic rings. The van der Waals surface area contributed by atoms with Crippen LogP contribution in [-0.4, -0.2) is 10.9 Å². The minimum absolute atomic E-state index is 0.153. The van der Waals surface area contributed by atoms with Crippen LogP contribution in [0.3, 0.4) is 0 Å². The summed E-state index contributed by atoms with van der Waals surface area (Å²) in [4.78, 5) is 16.8. The molecule has 23 heavy (non-hydrogen) atoms. The van der Waals surface area contributed by atoms with Crippen molar-refractivity contribution >= 4 is 11.6 Å². The Hall–Kier alpha value is -2.10. The number of rotatable bonds is 4. The van der Waals surface area contributed by atoms with Crippen LogP contribution in [0.15, 0.2) is 28.9 Å². The van der Waals surface area contributed by atoms with Crippen molar-refractivity contribution in [2.45, 2.75) is 39.5 Å². The van der Waals surface area contributed by atoms with Gasteiger partial charge in [0.2, 0.25) is 11.8 Å². The van der Waals surface area contributed by atoms with Gasteiger partial charge in [-0.05, 0) is 69.1 Å². The van der Waals surface area contributed by atoms with E-state index in [1.54, 1.807) is 6.26 Å². The largest absolute Gasteiger partial charge is 0.444 e. The Morgan fingerprint density at radius 2 is 2.00 bits per heavy atom. The summed E-state index contributed by atoms with van der Waals surface area (Å²) in [6.45, 7) is 3.92. The van der Waals surface area contributed by atoms with Gasteiger partial charge in [-0.3, -0.25) is 4.79 Å². The van der Waals surface area contributed by atoms with E-state index in [0.717, 1.165) is 47.2 Å². The summed E-state index contributed by atoms with van der Waals surface area (Å²) in [5, 5.41) is 3.06. The van der Waals surface area contributed by atoms with Gasteiger partial charge >= 0.3 is 0 Å². The first kappa shape index (κ1) is 14.5. The fourth-order valence-corrected chi connectivity index (χ4v) is 3.48. The molecule has 0 bridgehead atoms. The summed E-state index contributed by atoms with van der Waals surface area (Å²) >= 11 is 0. The molecular formula is C19H22N2O2. The van der Waals surface area contributed by atoms with E-state index >= 15 is 0 Å². The van der Waals surface area contributed by atoms with Crippen molar-refractivity contribution in [2.24, 2.45) is 17.8 Å². The molecule has 0 unspecified atom stereocenters. The highest BCUT2D eigenvalue weighted by Crippen LogP contribution is 2.49. The Labute approximate surface area is 136 Å². The van der Waals surface area contributed by atoms with E-state index < -0.39 is 0 Å². The summed E-state index contributed by atoms with van der Waals surface area (Å²) in [7, 11) is 0. The molecule has 4 rings (SSSR count).